The van der Waals surface area contributed by atoms with Gasteiger partial charge in [-0.25, -0.2) is 0 Å². The second-order valence-corrected chi connectivity index (χ2v) is 4.70. The number of rotatable bonds is 7. The zero-order valence-corrected chi connectivity index (χ0v) is 11.2. The molecule has 0 unspecified atom stereocenters. The Kier molecular flexibility index (Phi) is 6.27. The molecule has 0 amide bonds. The molecule has 1 aliphatic rings. The third-order valence-corrected chi connectivity index (χ3v) is 3.31. The Morgan fingerprint density at radius 1 is 1.06 bits per heavy atom. The van der Waals surface area contributed by atoms with Crippen molar-refractivity contribution in [1.29, 1.82) is 0 Å². The van der Waals surface area contributed by atoms with Crippen LogP contribution in [0.25, 0.3) is 0 Å². The second-order valence-electron chi connectivity index (χ2n) is 4.70. The summed E-state index contributed by atoms with van der Waals surface area (Å²) in [5, 5.41) is 0. The van der Waals surface area contributed by atoms with Crippen LogP contribution in [0.3, 0.4) is 0 Å². The zero-order valence-electron chi connectivity index (χ0n) is 11.2. The minimum absolute atomic E-state index is 1.13. The molecule has 1 fully saturated rings. The largest absolute Gasteiger partial charge is 0.344 e. The Morgan fingerprint density at radius 3 is 2.44 bits per heavy atom. The molecule has 0 aromatic rings. The Hall–Kier alpha value is -0.730. The summed E-state index contributed by atoms with van der Waals surface area (Å²) in [6.45, 7) is 5.73. The molecule has 16 heavy (non-hydrogen) atoms. The normalized spacial score (nSPS) is 18.8. The molecule has 0 aliphatic carbocycles. The zero-order chi connectivity index (χ0) is 11.8. The van der Waals surface area contributed by atoms with E-state index in [9.17, 15) is 0 Å². The first-order valence-corrected chi connectivity index (χ1v) is 6.72. The molecule has 0 saturated carbocycles. The summed E-state index contributed by atoms with van der Waals surface area (Å²) in [5.74, 6) is 1.17. The quantitative estimate of drug-likeness (QED) is 0.620. The predicted octanol–water partition coefficient (Wildman–Crippen LogP) is 2.58. The van der Waals surface area contributed by atoms with Gasteiger partial charge in [-0.05, 0) is 6.42 Å². The lowest BCUT2D eigenvalue weighted by atomic mass is 10.1. The van der Waals surface area contributed by atoms with E-state index >= 15 is 0 Å². The third-order valence-electron chi connectivity index (χ3n) is 3.31. The van der Waals surface area contributed by atoms with Crippen LogP contribution in [0.2, 0.25) is 0 Å². The van der Waals surface area contributed by atoms with Gasteiger partial charge >= 0.3 is 0 Å². The molecule has 1 saturated heterocycles. The summed E-state index contributed by atoms with van der Waals surface area (Å²) in [5.41, 5.74) is 0. The van der Waals surface area contributed by atoms with Crippen molar-refractivity contribution >= 4 is 5.96 Å². The Morgan fingerprint density at radius 2 is 1.75 bits per heavy atom. The maximum absolute atomic E-state index is 4.35. The summed E-state index contributed by atoms with van der Waals surface area (Å²) < 4.78 is 0. The highest BCUT2D eigenvalue weighted by Crippen LogP contribution is 2.10. The lowest BCUT2D eigenvalue weighted by Crippen LogP contribution is -2.32. The minimum Gasteiger partial charge on any atom is -0.344 e. The van der Waals surface area contributed by atoms with Crippen molar-refractivity contribution in [3.05, 3.63) is 0 Å². The molecule has 1 heterocycles. The van der Waals surface area contributed by atoms with Gasteiger partial charge in [0.1, 0.15) is 0 Å². The summed E-state index contributed by atoms with van der Waals surface area (Å²) in [6.07, 6.45) is 8.23. The van der Waals surface area contributed by atoms with Crippen LogP contribution >= 0.6 is 0 Å². The standard InChI is InChI=1S/C13H27N3/c1-4-5-6-7-8-9-10-16-12-11-15(3)13(16)14-2/h4-12H2,1-3H3/b14-13+. The molecule has 0 atom stereocenters. The van der Waals surface area contributed by atoms with E-state index < -0.39 is 0 Å². The van der Waals surface area contributed by atoms with Gasteiger partial charge in [-0.15, -0.1) is 0 Å². The molecule has 0 bridgehead atoms. The van der Waals surface area contributed by atoms with Gasteiger partial charge in [0.15, 0.2) is 5.96 Å². The van der Waals surface area contributed by atoms with Gasteiger partial charge in [-0.3, -0.25) is 4.99 Å². The van der Waals surface area contributed by atoms with E-state index in [1.54, 1.807) is 0 Å². The molecule has 1 rings (SSSR count). The fraction of sp³-hybridized carbons (Fsp3) is 0.923. The van der Waals surface area contributed by atoms with Crippen LogP contribution in [-0.4, -0.2) is 49.5 Å². The first-order chi connectivity index (χ1) is 7.79. The average Bonchev–Trinajstić information content (AvgIpc) is 2.64. The molecule has 0 radical (unpaired) electrons. The van der Waals surface area contributed by atoms with E-state index in [1.807, 2.05) is 7.05 Å². The fourth-order valence-corrected chi connectivity index (χ4v) is 2.32. The van der Waals surface area contributed by atoms with Crippen LogP contribution in [0.5, 0.6) is 0 Å². The van der Waals surface area contributed by atoms with Gasteiger partial charge in [-0.1, -0.05) is 39.0 Å². The highest BCUT2D eigenvalue weighted by molar-refractivity contribution is 5.81. The number of aliphatic imine (C=N–C) groups is 1. The topological polar surface area (TPSA) is 18.8 Å². The van der Waals surface area contributed by atoms with Gasteiger partial charge in [-0.2, -0.15) is 0 Å². The molecule has 0 N–H and O–H groups in total. The highest BCUT2D eigenvalue weighted by Gasteiger charge is 2.21. The van der Waals surface area contributed by atoms with Crippen molar-refractivity contribution in [3.63, 3.8) is 0 Å². The fourth-order valence-electron chi connectivity index (χ4n) is 2.32. The van der Waals surface area contributed by atoms with Gasteiger partial charge in [0.05, 0.1) is 0 Å². The van der Waals surface area contributed by atoms with E-state index in [0.29, 0.717) is 0 Å². The minimum atomic E-state index is 1.13. The van der Waals surface area contributed by atoms with E-state index in [1.165, 1.54) is 51.0 Å². The van der Waals surface area contributed by atoms with E-state index in [4.69, 9.17) is 0 Å². The first kappa shape index (κ1) is 13.3. The van der Waals surface area contributed by atoms with Crippen LogP contribution in [0, 0.1) is 0 Å². The number of guanidine groups is 1. The average molecular weight is 225 g/mol. The maximum Gasteiger partial charge on any atom is 0.196 e. The van der Waals surface area contributed by atoms with Crippen molar-refractivity contribution in [3.8, 4) is 0 Å². The Bertz CT molecular complexity index is 213. The SMILES string of the molecule is CCCCCCCCN1CCN(C)/C1=N\C. The van der Waals surface area contributed by atoms with Gasteiger partial charge < -0.3 is 9.80 Å². The molecule has 3 nitrogen and oxygen atoms in total. The summed E-state index contributed by atoms with van der Waals surface area (Å²) >= 11 is 0. The summed E-state index contributed by atoms with van der Waals surface area (Å²) in [6, 6.07) is 0. The molecular formula is C13H27N3. The van der Waals surface area contributed by atoms with Gasteiger partial charge in [0, 0.05) is 33.7 Å². The van der Waals surface area contributed by atoms with E-state index in [2.05, 4.69) is 28.8 Å². The van der Waals surface area contributed by atoms with E-state index in [0.717, 1.165) is 13.1 Å². The van der Waals surface area contributed by atoms with Crippen molar-refractivity contribution in [2.75, 3.05) is 33.7 Å². The number of nitrogens with zero attached hydrogens (tertiary/aromatic N) is 3. The first-order valence-electron chi connectivity index (χ1n) is 6.72. The Balaban J connectivity index is 2.09. The van der Waals surface area contributed by atoms with Crippen molar-refractivity contribution in [2.45, 2.75) is 45.4 Å². The van der Waals surface area contributed by atoms with Crippen LogP contribution in [0.15, 0.2) is 4.99 Å². The van der Waals surface area contributed by atoms with Gasteiger partial charge in [0.2, 0.25) is 0 Å². The lowest BCUT2D eigenvalue weighted by Gasteiger charge is -2.19. The van der Waals surface area contributed by atoms with E-state index in [-0.39, 0.29) is 0 Å². The number of likely N-dealkylation sites (N-methyl/N-ethyl adjacent to an activating group) is 1. The number of unbranched alkanes of at least 4 members (excludes halogenated alkanes) is 5. The smallest absolute Gasteiger partial charge is 0.196 e. The van der Waals surface area contributed by atoms with Crippen LogP contribution in [-0.2, 0) is 0 Å². The molecule has 0 aromatic heterocycles. The molecular weight excluding hydrogens is 198 g/mol. The summed E-state index contributed by atoms with van der Waals surface area (Å²) in [4.78, 5) is 9.01. The summed E-state index contributed by atoms with van der Waals surface area (Å²) in [7, 11) is 4.02. The molecule has 0 aromatic carbocycles. The number of hydrogen-bond acceptors (Lipinski definition) is 1. The maximum atomic E-state index is 4.35. The second kappa shape index (κ2) is 7.53. The van der Waals surface area contributed by atoms with Gasteiger partial charge in [0.25, 0.3) is 0 Å². The Labute approximate surface area is 101 Å². The molecule has 3 heteroatoms. The van der Waals surface area contributed by atoms with Crippen molar-refractivity contribution in [1.82, 2.24) is 9.80 Å². The highest BCUT2D eigenvalue weighted by atomic mass is 15.4. The predicted molar refractivity (Wildman–Crippen MR) is 70.9 cm³/mol. The molecule has 1 aliphatic heterocycles. The monoisotopic (exact) mass is 225 g/mol. The third kappa shape index (κ3) is 4.03. The van der Waals surface area contributed by atoms with Crippen LogP contribution < -0.4 is 0 Å². The van der Waals surface area contributed by atoms with Crippen molar-refractivity contribution in [2.24, 2.45) is 4.99 Å². The van der Waals surface area contributed by atoms with Crippen molar-refractivity contribution < 1.29 is 0 Å². The lowest BCUT2D eigenvalue weighted by molar-refractivity contribution is 0.434. The van der Waals surface area contributed by atoms with Crippen LogP contribution in [0.4, 0.5) is 0 Å². The van der Waals surface area contributed by atoms with Crippen LogP contribution in [0.1, 0.15) is 45.4 Å². The molecule has 0 spiro atoms. The molecule has 94 valence electrons. The number of hydrogen-bond donors (Lipinski definition) is 0.